The van der Waals surface area contributed by atoms with E-state index in [0.717, 1.165) is 21.2 Å². The summed E-state index contributed by atoms with van der Waals surface area (Å²) in [4.78, 5) is 3.53. The van der Waals surface area contributed by atoms with Crippen molar-refractivity contribution in [3.63, 3.8) is 0 Å². The summed E-state index contributed by atoms with van der Waals surface area (Å²) in [5, 5.41) is 0. The average molecular weight is 452 g/mol. The van der Waals surface area contributed by atoms with Crippen LogP contribution in [0.15, 0.2) is 74.9 Å². The van der Waals surface area contributed by atoms with Crippen LogP contribution in [0.2, 0.25) is 0 Å². The Labute approximate surface area is 168 Å². The molecule has 3 rings (SSSR count). The molecule has 0 heterocycles. The van der Waals surface area contributed by atoms with Gasteiger partial charge in [-0.05, 0) is 48.9 Å². The van der Waals surface area contributed by atoms with Crippen LogP contribution < -0.4 is 4.90 Å². The number of benzene rings is 3. The molecule has 0 saturated heterocycles. The molecule has 0 atom stereocenters. The molecule has 0 aromatic heterocycles. The molecule has 0 bridgehead atoms. The molecule has 0 N–H and O–H groups in total. The van der Waals surface area contributed by atoms with Crippen LogP contribution in [0.25, 0.3) is 0 Å². The van der Waals surface area contributed by atoms with Gasteiger partial charge in [-0.2, -0.15) is 0 Å². The lowest BCUT2D eigenvalue weighted by Crippen LogP contribution is -2.15. The first-order valence-corrected chi connectivity index (χ1v) is 11.0. The van der Waals surface area contributed by atoms with Gasteiger partial charge in [-0.15, -0.1) is 23.5 Å². The first-order chi connectivity index (χ1) is 12.6. The van der Waals surface area contributed by atoms with Crippen molar-refractivity contribution in [2.75, 3.05) is 17.4 Å². The first-order valence-electron chi connectivity index (χ1n) is 7.77. The topological polar surface area (TPSA) is 3.24 Å². The predicted molar refractivity (Wildman–Crippen MR) is 112 cm³/mol. The molecule has 26 heavy (non-hydrogen) atoms. The quantitative estimate of drug-likeness (QED) is 0.366. The highest BCUT2D eigenvalue weighted by Crippen LogP contribution is 2.45. The summed E-state index contributed by atoms with van der Waals surface area (Å²) in [6.45, 7) is 0. The summed E-state index contributed by atoms with van der Waals surface area (Å²) in [7, 11) is 0. The van der Waals surface area contributed by atoms with Gasteiger partial charge in [-0.1, -0.05) is 40.2 Å². The Morgan fingerprint density at radius 3 is 1.62 bits per heavy atom. The molecule has 0 radical (unpaired) electrons. The zero-order valence-electron chi connectivity index (χ0n) is 14.2. The zero-order chi connectivity index (χ0) is 18.7. The van der Waals surface area contributed by atoms with E-state index in [1.165, 1.54) is 35.7 Å². The van der Waals surface area contributed by atoms with Gasteiger partial charge in [0.15, 0.2) is 11.6 Å². The van der Waals surface area contributed by atoms with Crippen LogP contribution in [0, 0.1) is 11.6 Å². The van der Waals surface area contributed by atoms with Gasteiger partial charge in [-0.25, -0.2) is 8.78 Å². The van der Waals surface area contributed by atoms with Gasteiger partial charge in [0, 0.05) is 14.3 Å². The fourth-order valence-corrected chi connectivity index (χ4v) is 4.32. The van der Waals surface area contributed by atoms with Crippen molar-refractivity contribution in [1.82, 2.24) is 0 Å². The molecule has 0 amide bonds. The van der Waals surface area contributed by atoms with Crippen molar-refractivity contribution in [1.29, 1.82) is 0 Å². The number of anilines is 3. The summed E-state index contributed by atoms with van der Waals surface area (Å²) >= 11 is 6.24. The number of thioether (sulfide) groups is 2. The summed E-state index contributed by atoms with van der Waals surface area (Å²) < 4.78 is 30.1. The number of halogens is 3. The molecule has 0 spiro atoms. The molecule has 0 saturated carbocycles. The molecule has 1 nitrogen and oxygen atoms in total. The first kappa shape index (κ1) is 19.3. The Morgan fingerprint density at radius 2 is 1.19 bits per heavy atom. The molecule has 0 aliphatic carbocycles. The Balaban J connectivity index is 2.34. The normalized spacial score (nSPS) is 10.8. The van der Waals surface area contributed by atoms with Gasteiger partial charge >= 0.3 is 0 Å². The molecule has 0 aliphatic heterocycles. The third-order valence-electron chi connectivity index (χ3n) is 3.86. The van der Waals surface area contributed by atoms with E-state index in [2.05, 4.69) is 15.9 Å². The SMILES string of the molecule is CSc1ccccc1N(c1ccccc1SC)c1c(F)cc(Br)cc1F. The highest BCUT2D eigenvalue weighted by atomic mass is 79.9. The molecule has 3 aromatic rings. The van der Waals surface area contributed by atoms with Gasteiger partial charge in [0.1, 0.15) is 5.69 Å². The van der Waals surface area contributed by atoms with E-state index in [0.29, 0.717) is 4.47 Å². The Kier molecular flexibility index (Phi) is 6.27. The number of rotatable bonds is 5. The molecular weight excluding hydrogens is 436 g/mol. The zero-order valence-corrected chi connectivity index (χ0v) is 17.4. The molecule has 0 unspecified atom stereocenters. The van der Waals surface area contributed by atoms with E-state index in [1.807, 2.05) is 61.0 Å². The second-order valence-corrected chi connectivity index (χ2v) is 8.01. The van der Waals surface area contributed by atoms with Crippen molar-refractivity contribution in [3.05, 3.63) is 76.8 Å². The van der Waals surface area contributed by atoms with Crippen LogP contribution in [0.5, 0.6) is 0 Å². The Bertz CT molecular complexity index is 863. The van der Waals surface area contributed by atoms with Gasteiger partial charge in [0.25, 0.3) is 0 Å². The van der Waals surface area contributed by atoms with E-state index in [4.69, 9.17) is 0 Å². The number of para-hydroxylation sites is 2. The Hall–Kier alpha value is -1.50. The third kappa shape index (κ3) is 3.77. The maximum absolute atomic E-state index is 14.9. The number of hydrogen-bond donors (Lipinski definition) is 0. The smallest absolute Gasteiger partial charge is 0.151 e. The molecule has 3 aromatic carbocycles. The summed E-state index contributed by atoms with van der Waals surface area (Å²) in [6.07, 6.45) is 3.90. The molecule has 6 heteroatoms. The second-order valence-electron chi connectivity index (χ2n) is 5.40. The summed E-state index contributed by atoms with van der Waals surface area (Å²) in [6, 6.07) is 17.8. The lowest BCUT2D eigenvalue weighted by molar-refractivity contribution is 0.584. The maximum Gasteiger partial charge on any atom is 0.151 e. The van der Waals surface area contributed by atoms with Crippen LogP contribution in [0.3, 0.4) is 0 Å². The molecule has 134 valence electrons. The van der Waals surface area contributed by atoms with Crippen LogP contribution in [-0.4, -0.2) is 12.5 Å². The second kappa shape index (κ2) is 8.46. The van der Waals surface area contributed by atoms with Gasteiger partial charge in [-0.3, -0.25) is 0 Å². The maximum atomic E-state index is 14.9. The molecular formula is C20H16BrF2NS2. The monoisotopic (exact) mass is 451 g/mol. The van der Waals surface area contributed by atoms with Crippen molar-refractivity contribution >= 4 is 56.5 Å². The van der Waals surface area contributed by atoms with Gasteiger partial charge in [0.05, 0.1) is 11.4 Å². The largest absolute Gasteiger partial charge is 0.303 e. The van der Waals surface area contributed by atoms with E-state index >= 15 is 0 Å². The minimum atomic E-state index is -0.622. The lowest BCUT2D eigenvalue weighted by atomic mass is 10.1. The van der Waals surface area contributed by atoms with Crippen LogP contribution in [-0.2, 0) is 0 Å². The average Bonchev–Trinajstić information content (AvgIpc) is 2.64. The Morgan fingerprint density at radius 1 is 0.769 bits per heavy atom. The molecule has 0 aliphatic rings. The van der Waals surface area contributed by atoms with Crippen molar-refractivity contribution in [3.8, 4) is 0 Å². The number of hydrogen-bond acceptors (Lipinski definition) is 3. The summed E-state index contributed by atoms with van der Waals surface area (Å²) in [5.74, 6) is -1.24. The van der Waals surface area contributed by atoms with Crippen molar-refractivity contribution < 1.29 is 8.78 Å². The van der Waals surface area contributed by atoms with Crippen LogP contribution in [0.1, 0.15) is 0 Å². The lowest BCUT2D eigenvalue weighted by Gasteiger charge is -2.29. The molecule has 0 fully saturated rings. The number of nitrogens with zero attached hydrogens (tertiary/aromatic N) is 1. The standard InChI is InChI=1S/C20H16BrF2NS2/c1-25-18-9-5-3-7-16(18)24(17-8-4-6-10-19(17)26-2)20-14(22)11-13(21)12-15(20)23/h3-12H,1-2H3. The van der Waals surface area contributed by atoms with Crippen LogP contribution in [0.4, 0.5) is 25.8 Å². The summed E-state index contributed by atoms with van der Waals surface area (Å²) in [5.41, 5.74) is 1.39. The van der Waals surface area contributed by atoms with E-state index in [9.17, 15) is 8.78 Å². The van der Waals surface area contributed by atoms with Crippen molar-refractivity contribution in [2.24, 2.45) is 0 Å². The fraction of sp³-hybridized carbons (Fsp3) is 0.100. The van der Waals surface area contributed by atoms with E-state index in [1.54, 1.807) is 4.90 Å². The predicted octanol–water partition coefficient (Wildman–Crippen LogP) is 7.64. The highest BCUT2D eigenvalue weighted by molar-refractivity contribution is 9.10. The minimum Gasteiger partial charge on any atom is -0.303 e. The fourth-order valence-electron chi connectivity index (χ4n) is 2.75. The third-order valence-corrected chi connectivity index (χ3v) is 5.89. The van der Waals surface area contributed by atoms with Gasteiger partial charge in [0.2, 0.25) is 0 Å². The van der Waals surface area contributed by atoms with Crippen LogP contribution >= 0.6 is 39.5 Å². The van der Waals surface area contributed by atoms with Crippen molar-refractivity contribution in [2.45, 2.75) is 9.79 Å². The highest BCUT2D eigenvalue weighted by Gasteiger charge is 2.24. The van der Waals surface area contributed by atoms with E-state index < -0.39 is 11.6 Å². The van der Waals surface area contributed by atoms with E-state index in [-0.39, 0.29) is 5.69 Å². The van der Waals surface area contributed by atoms with Gasteiger partial charge < -0.3 is 4.90 Å². The minimum absolute atomic E-state index is 0.0869.